The summed E-state index contributed by atoms with van der Waals surface area (Å²) < 4.78 is 28.8. The molecule has 2 atom stereocenters. The molecule has 13 rings (SSSR count). The number of amides is 4. The number of rotatable bonds is 12. The number of likely N-dealkylation sites (N-methyl/N-ethyl adjacent to an activating group) is 2. The van der Waals surface area contributed by atoms with Crippen molar-refractivity contribution in [3.05, 3.63) is 107 Å². The molecule has 67 heavy (non-hydrogen) atoms. The smallest absolute Gasteiger partial charge is 0.445 e. The molecular weight excluding hydrogens is 918 g/mol. The molecule has 6 aliphatic carbocycles. The van der Waals surface area contributed by atoms with E-state index in [2.05, 4.69) is 0 Å². The molecule has 0 radical (unpaired) electrons. The van der Waals surface area contributed by atoms with Crippen LogP contribution >= 0.6 is 31.0 Å². The molecule has 5 aromatic rings. The number of anilines is 2. The summed E-state index contributed by atoms with van der Waals surface area (Å²) in [4.78, 5) is 82.6. The van der Waals surface area contributed by atoms with Crippen LogP contribution in [0.25, 0.3) is 21.5 Å². The number of ether oxygens (including phenoxy) is 2. The van der Waals surface area contributed by atoms with Crippen molar-refractivity contribution in [2.24, 2.45) is 46.3 Å². The van der Waals surface area contributed by atoms with Gasteiger partial charge in [0.15, 0.2) is 0 Å². The lowest BCUT2D eigenvalue weighted by molar-refractivity contribution is -0.623. The van der Waals surface area contributed by atoms with Crippen molar-refractivity contribution in [1.82, 2.24) is 9.80 Å². The average Bonchev–Trinajstić information content (AvgIpc) is 3.90. The number of nitrogens with zero attached hydrogens (tertiary/aromatic N) is 4. The second kappa shape index (κ2) is 14.8. The van der Waals surface area contributed by atoms with Crippen LogP contribution in [0.2, 0.25) is 0 Å². The number of carbonyl (C=O) groups is 4. The van der Waals surface area contributed by atoms with E-state index in [4.69, 9.17) is 37.2 Å². The Morgan fingerprint density at radius 2 is 1.10 bits per heavy atom. The molecule has 14 nitrogen and oxygen atoms in total. The molecule has 2 unspecified atom stereocenters. The highest BCUT2D eigenvalue weighted by molar-refractivity contribution is 7.46. The Kier molecular flexibility index (Phi) is 9.50. The van der Waals surface area contributed by atoms with E-state index in [1.165, 1.54) is 9.80 Å². The molecule has 346 valence electrons. The van der Waals surface area contributed by atoms with E-state index in [0.717, 1.165) is 38.4 Å². The summed E-state index contributed by atoms with van der Waals surface area (Å²) in [5, 5.41) is 2.84. The van der Waals surface area contributed by atoms with Gasteiger partial charge in [0.05, 0.1) is 22.2 Å². The molecule has 4 amide bonds. The maximum Gasteiger partial charge on any atom is 0.524 e. The fraction of sp³-hybridized carbons (Fsp3) is 0.400. The Balaban J connectivity index is 0.767. The molecule has 0 bridgehead atoms. The molecule has 17 heteroatoms. The van der Waals surface area contributed by atoms with Crippen LogP contribution in [0, 0.1) is 53.3 Å². The predicted octanol–water partition coefficient (Wildman–Crippen LogP) is 8.25. The number of alkyl halides is 2. The van der Waals surface area contributed by atoms with Gasteiger partial charge in [0.25, 0.3) is 0 Å². The van der Waals surface area contributed by atoms with Crippen molar-refractivity contribution in [3.8, 4) is 11.5 Å². The standard InChI is InChI=1S/C50H47Cl2N4O10P/c1-25-12-14-26(15-13-25)24-64-47(59)53(2)16-17-54(3)48(60)65-35-18-33-37(31-10-6-4-8-29(31)35)27(20-51)22-55(33)45(57)49-39-42-40(49)44-41(49)43(39)50(42,44)46(58)56-23-28(21-52)38-32-11-7-5-9-30(32)36(19-34(38)56)66-67(61,62)63/h4-15,18-19,27-28,39-44H,16-17,20-24H2,1-3H3,(H2,61,62,63). The van der Waals surface area contributed by atoms with Crippen molar-refractivity contribution >= 4 is 87.9 Å². The Morgan fingerprint density at radius 3 is 1.57 bits per heavy atom. The van der Waals surface area contributed by atoms with Gasteiger partial charge in [0.2, 0.25) is 11.8 Å². The quantitative estimate of drug-likeness (QED) is 0.0919. The summed E-state index contributed by atoms with van der Waals surface area (Å²) in [5.41, 5.74) is 3.94. The predicted molar refractivity (Wildman–Crippen MR) is 251 cm³/mol. The summed E-state index contributed by atoms with van der Waals surface area (Å²) in [6.07, 6.45) is -1.13. The van der Waals surface area contributed by atoms with Crippen LogP contribution in [0.1, 0.15) is 34.1 Å². The summed E-state index contributed by atoms with van der Waals surface area (Å²) in [5.74, 6) is 1.07. The van der Waals surface area contributed by atoms with E-state index >= 15 is 4.79 Å². The average molecular weight is 966 g/mol. The largest absolute Gasteiger partial charge is 0.524 e. The van der Waals surface area contributed by atoms with E-state index in [9.17, 15) is 28.7 Å². The van der Waals surface area contributed by atoms with Crippen molar-refractivity contribution in [1.29, 1.82) is 0 Å². The molecule has 6 saturated carbocycles. The van der Waals surface area contributed by atoms with Gasteiger partial charge in [0.1, 0.15) is 18.1 Å². The number of fused-ring (bicyclic) bond motifs is 6. The third kappa shape index (κ3) is 5.56. The van der Waals surface area contributed by atoms with Gasteiger partial charge < -0.3 is 33.6 Å². The second-order valence-electron chi connectivity index (χ2n) is 19.6. The van der Waals surface area contributed by atoms with Gasteiger partial charge in [0, 0.05) is 86.8 Å². The number of hydrogen-bond donors (Lipinski definition) is 2. The van der Waals surface area contributed by atoms with Crippen LogP contribution in [0.5, 0.6) is 11.5 Å². The normalized spacial score (nSPS) is 29.4. The molecule has 5 aromatic carbocycles. The fourth-order valence-corrected chi connectivity index (χ4v) is 15.1. The molecule has 0 aromatic heterocycles. The molecule has 0 saturated heterocycles. The molecular formula is C50H47Cl2N4O10P. The molecule has 2 N–H and O–H groups in total. The van der Waals surface area contributed by atoms with Crippen molar-refractivity contribution < 1.29 is 47.5 Å². The number of hydrogen-bond acceptors (Lipinski definition) is 8. The van der Waals surface area contributed by atoms with Crippen LogP contribution in [0.15, 0.2) is 84.9 Å². The highest BCUT2D eigenvalue weighted by Crippen LogP contribution is 3.10. The fourth-order valence-electron chi connectivity index (χ4n) is 14.2. The van der Waals surface area contributed by atoms with Crippen molar-refractivity contribution in [2.75, 3.05) is 61.8 Å². The monoisotopic (exact) mass is 964 g/mol. The maximum atomic E-state index is 15.2. The molecule has 0 spiro atoms. The second-order valence-corrected chi connectivity index (χ2v) is 21.4. The number of benzene rings is 5. The van der Waals surface area contributed by atoms with Crippen LogP contribution in [0.3, 0.4) is 0 Å². The Bertz CT molecular complexity index is 3000. The van der Waals surface area contributed by atoms with Crippen LogP contribution in [-0.2, 0) is 25.5 Å². The molecule has 2 aliphatic heterocycles. The lowest BCUT2D eigenvalue weighted by Gasteiger charge is -3.09. The maximum absolute atomic E-state index is 15.2. The Morgan fingerprint density at radius 1 is 0.672 bits per heavy atom. The highest BCUT2D eigenvalue weighted by Gasteiger charge is 3.13. The Hall–Kier alpha value is -5.37. The van der Waals surface area contributed by atoms with Gasteiger partial charge in [-0.3, -0.25) is 19.4 Å². The van der Waals surface area contributed by atoms with E-state index in [0.29, 0.717) is 35.6 Å². The SMILES string of the molecule is Cc1ccc(COC(=O)N(C)CCN(C)C(=O)Oc2cc3c(c4ccccc24)C(CCl)CN3C(=O)C23C4C5C2C2C3C4C52C(=O)N2CC(CCl)c3c2cc(OP(=O)(O)O)c2ccccc32)cc1. The van der Waals surface area contributed by atoms with Crippen molar-refractivity contribution in [3.63, 3.8) is 0 Å². The number of aryl methyl sites for hydroxylation is 1. The third-order valence-corrected chi connectivity index (χ3v) is 18.0. The molecule has 6 fully saturated rings. The first-order valence-corrected chi connectivity index (χ1v) is 25.2. The summed E-state index contributed by atoms with van der Waals surface area (Å²) in [7, 11) is -1.70. The topological polar surface area (TPSA) is 166 Å². The van der Waals surface area contributed by atoms with Gasteiger partial charge in [-0.2, -0.15) is 0 Å². The van der Waals surface area contributed by atoms with Gasteiger partial charge in [-0.1, -0.05) is 78.4 Å². The Labute approximate surface area is 395 Å². The first-order valence-electron chi connectivity index (χ1n) is 22.6. The summed E-state index contributed by atoms with van der Waals surface area (Å²) in [6.45, 7) is 3.24. The molecule has 2 heterocycles. The lowest BCUT2D eigenvalue weighted by Crippen LogP contribution is -3.12. The first-order chi connectivity index (χ1) is 32.2. The number of carbonyl (C=O) groups excluding carboxylic acids is 4. The van der Waals surface area contributed by atoms with Crippen LogP contribution < -0.4 is 19.1 Å². The zero-order valence-corrected chi connectivity index (χ0v) is 39.2. The highest BCUT2D eigenvalue weighted by atomic mass is 35.5. The van der Waals surface area contributed by atoms with Gasteiger partial charge in [-0.25, -0.2) is 14.2 Å². The van der Waals surface area contributed by atoms with E-state index in [-0.39, 0.29) is 96.4 Å². The molecule has 8 aliphatic rings. The van der Waals surface area contributed by atoms with Crippen LogP contribution in [0.4, 0.5) is 21.0 Å². The number of phosphoric acid groups is 1. The number of phosphoric ester groups is 1. The van der Waals surface area contributed by atoms with Crippen molar-refractivity contribution in [2.45, 2.75) is 25.4 Å². The zero-order valence-electron chi connectivity index (χ0n) is 36.8. The van der Waals surface area contributed by atoms with Gasteiger partial charge >= 0.3 is 20.0 Å². The van der Waals surface area contributed by atoms with E-state index < -0.39 is 30.8 Å². The number of halogens is 2. The van der Waals surface area contributed by atoms with E-state index in [1.807, 2.05) is 72.5 Å². The van der Waals surface area contributed by atoms with Gasteiger partial charge in [-0.15, -0.1) is 23.2 Å². The van der Waals surface area contributed by atoms with E-state index in [1.54, 1.807) is 43.3 Å². The minimum Gasteiger partial charge on any atom is -0.445 e. The minimum atomic E-state index is -4.92. The minimum absolute atomic E-state index is 0.00425. The third-order valence-electron chi connectivity index (χ3n) is 16.8. The van der Waals surface area contributed by atoms with Gasteiger partial charge in [-0.05, 0) is 69.9 Å². The van der Waals surface area contributed by atoms with Crippen LogP contribution in [-0.4, -0.2) is 95.6 Å². The summed E-state index contributed by atoms with van der Waals surface area (Å²) >= 11 is 13.2. The first kappa shape index (κ1) is 42.9. The summed E-state index contributed by atoms with van der Waals surface area (Å²) in [6, 6.07) is 26.0. The zero-order chi connectivity index (χ0) is 46.6. The lowest BCUT2D eigenvalue weighted by atomic mass is 8.92.